The Morgan fingerprint density at radius 1 is 1.19 bits per heavy atom. The topological polar surface area (TPSA) is 76.1 Å². The summed E-state index contributed by atoms with van der Waals surface area (Å²) in [6.07, 6.45) is 1.17. The molecule has 0 saturated carbocycles. The van der Waals surface area contributed by atoms with Crippen molar-refractivity contribution < 1.29 is 9.52 Å². The van der Waals surface area contributed by atoms with Crippen LogP contribution in [0, 0.1) is 0 Å². The molecule has 0 aliphatic heterocycles. The Labute approximate surface area is 161 Å². The fourth-order valence-corrected chi connectivity index (χ4v) is 3.10. The first-order valence-electron chi connectivity index (χ1n) is 8.67. The van der Waals surface area contributed by atoms with E-state index in [9.17, 15) is 5.11 Å². The average molecular weight is 383 g/mol. The van der Waals surface area contributed by atoms with Crippen LogP contribution >= 0.6 is 11.6 Å². The number of imidazole rings is 1. The number of fused-ring (bicyclic) bond motifs is 1. The minimum Gasteiger partial charge on any atom is -0.444 e. The lowest BCUT2D eigenvalue weighted by atomic mass is 10.2. The molecule has 6 nitrogen and oxygen atoms in total. The number of hydrogen-bond donors (Lipinski definition) is 2. The zero-order valence-corrected chi connectivity index (χ0v) is 15.5. The molecule has 2 heterocycles. The van der Waals surface area contributed by atoms with Crippen molar-refractivity contribution in [1.29, 1.82) is 0 Å². The molecule has 4 rings (SSSR count). The zero-order chi connectivity index (χ0) is 18.8. The molecule has 7 heteroatoms. The molecule has 0 amide bonds. The van der Waals surface area contributed by atoms with Gasteiger partial charge in [0.2, 0.25) is 11.8 Å². The van der Waals surface area contributed by atoms with Gasteiger partial charge in [-0.2, -0.15) is 0 Å². The molecule has 0 aliphatic carbocycles. The lowest BCUT2D eigenvalue weighted by Gasteiger charge is -2.10. The Bertz CT molecular complexity index is 1070. The van der Waals surface area contributed by atoms with Crippen LogP contribution in [0.2, 0.25) is 5.02 Å². The first-order valence-corrected chi connectivity index (χ1v) is 9.05. The summed E-state index contributed by atoms with van der Waals surface area (Å²) in [5, 5.41) is 13.4. The van der Waals surface area contributed by atoms with Gasteiger partial charge in [-0.15, -0.1) is 0 Å². The maximum Gasteiger partial charge on any atom is 0.226 e. The van der Waals surface area contributed by atoms with Gasteiger partial charge in [0.05, 0.1) is 29.4 Å². The number of benzene rings is 2. The maximum absolute atomic E-state index is 9.58. The monoisotopic (exact) mass is 382 g/mol. The second-order valence-corrected chi connectivity index (χ2v) is 6.83. The highest BCUT2D eigenvalue weighted by Crippen LogP contribution is 2.24. The molecular formula is C20H19ClN4O2. The smallest absolute Gasteiger partial charge is 0.226 e. The van der Waals surface area contributed by atoms with Gasteiger partial charge in [0.15, 0.2) is 0 Å². The van der Waals surface area contributed by atoms with Crippen LogP contribution in [-0.2, 0) is 6.54 Å². The molecule has 1 atom stereocenters. The standard InChI is InChI=1S/C20H19ClN4O2/c1-13(26)10-22-20-24-17-7-2-3-8-18(17)25(20)11-16-12-27-19(23-16)14-5-4-6-15(21)9-14/h2-9,12-13,26H,10-11H2,1H3,(H,22,24). The minimum absolute atomic E-state index is 0.413. The van der Waals surface area contributed by atoms with Gasteiger partial charge in [0, 0.05) is 17.1 Å². The fraction of sp³-hybridized carbons (Fsp3) is 0.200. The normalized spacial score (nSPS) is 12.4. The van der Waals surface area contributed by atoms with Crippen LogP contribution in [0.25, 0.3) is 22.5 Å². The number of oxazole rings is 1. The van der Waals surface area contributed by atoms with E-state index in [0.29, 0.717) is 30.0 Å². The minimum atomic E-state index is -0.472. The van der Waals surface area contributed by atoms with E-state index in [0.717, 1.165) is 22.3 Å². The van der Waals surface area contributed by atoms with Crippen molar-refractivity contribution in [2.45, 2.75) is 19.6 Å². The summed E-state index contributed by atoms with van der Waals surface area (Å²) in [5.41, 5.74) is 3.46. The molecule has 138 valence electrons. The number of nitrogens with zero attached hydrogens (tertiary/aromatic N) is 3. The third-order valence-electron chi connectivity index (χ3n) is 4.15. The van der Waals surface area contributed by atoms with Crippen LogP contribution in [0.5, 0.6) is 0 Å². The Morgan fingerprint density at radius 3 is 2.85 bits per heavy atom. The molecule has 0 fully saturated rings. The fourth-order valence-electron chi connectivity index (χ4n) is 2.91. The molecule has 0 aliphatic rings. The summed E-state index contributed by atoms with van der Waals surface area (Å²) in [7, 11) is 0. The molecule has 2 aromatic heterocycles. The van der Waals surface area contributed by atoms with Gasteiger partial charge in [-0.05, 0) is 37.3 Å². The van der Waals surface area contributed by atoms with Crippen molar-refractivity contribution >= 4 is 28.6 Å². The van der Waals surface area contributed by atoms with Crippen LogP contribution in [-0.4, -0.2) is 32.3 Å². The zero-order valence-electron chi connectivity index (χ0n) is 14.8. The van der Waals surface area contributed by atoms with Crippen molar-refractivity contribution in [1.82, 2.24) is 14.5 Å². The van der Waals surface area contributed by atoms with Crippen molar-refractivity contribution in [2.75, 3.05) is 11.9 Å². The number of aliphatic hydroxyl groups is 1. The highest BCUT2D eigenvalue weighted by Gasteiger charge is 2.14. The van der Waals surface area contributed by atoms with Crippen LogP contribution in [0.1, 0.15) is 12.6 Å². The van der Waals surface area contributed by atoms with E-state index in [-0.39, 0.29) is 0 Å². The lowest BCUT2D eigenvalue weighted by Crippen LogP contribution is -2.18. The predicted octanol–water partition coefficient (Wildman–Crippen LogP) is 4.19. The van der Waals surface area contributed by atoms with Crippen molar-refractivity contribution in [3.05, 3.63) is 65.5 Å². The summed E-state index contributed by atoms with van der Waals surface area (Å²) in [5.74, 6) is 1.21. The number of halogens is 1. The van der Waals surface area contributed by atoms with Gasteiger partial charge in [-0.25, -0.2) is 9.97 Å². The maximum atomic E-state index is 9.58. The Kier molecular flexibility index (Phi) is 4.83. The second-order valence-electron chi connectivity index (χ2n) is 6.39. The largest absolute Gasteiger partial charge is 0.444 e. The van der Waals surface area contributed by atoms with Gasteiger partial charge >= 0.3 is 0 Å². The van der Waals surface area contributed by atoms with Crippen molar-refractivity contribution in [3.63, 3.8) is 0 Å². The van der Waals surface area contributed by atoms with E-state index in [4.69, 9.17) is 16.0 Å². The summed E-state index contributed by atoms with van der Waals surface area (Å²) >= 11 is 6.05. The molecule has 2 aromatic carbocycles. The highest BCUT2D eigenvalue weighted by molar-refractivity contribution is 6.30. The van der Waals surface area contributed by atoms with Crippen LogP contribution in [0.3, 0.4) is 0 Å². The summed E-state index contributed by atoms with van der Waals surface area (Å²) in [6, 6.07) is 15.3. The Hall–Kier alpha value is -2.83. The predicted molar refractivity (Wildman–Crippen MR) is 106 cm³/mol. The van der Waals surface area contributed by atoms with Crippen LogP contribution < -0.4 is 5.32 Å². The van der Waals surface area contributed by atoms with Crippen LogP contribution in [0.15, 0.2) is 59.2 Å². The second kappa shape index (κ2) is 7.42. The SMILES string of the molecule is CC(O)CNc1nc2ccccc2n1Cc1coc(-c2cccc(Cl)c2)n1. The summed E-state index contributed by atoms with van der Waals surface area (Å²) in [4.78, 5) is 9.21. The van der Waals surface area contributed by atoms with Crippen molar-refractivity contribution in [3.8, 4) is 11.5 Å². The van der Waals surface area contributed by atoms with E-state index in [1.807, 2.05) is 53.1 Å². The lowest BCUT2D eigenvalue weighted by molar-refractivity contribution is 0.208. The van der Waals surface area contributed by atoms with Gasteiger partial charge < -0.3 is 19.4 Å². The Balaban J connectivity index is 1.66. The summed E-state index contributed by atoms with van der Waals surface area (Å²) in [6.45, 7) is 2.64. The van der Waals surface area contributed by atoms with E-state index >= 15 is 0 Å². The molecule has 0 bridgehead atoms. The number of aliphatic hydroxyl groups excluding tert-OH is 1. The van der Waals surface area contributed by atoms with Gasteiger partial charge in [-0.3, -0.25) is 0 Å². The number of para-hydroxylation sites is 2. The highest BCUT2D eigenvalue weighted by atomic mass is 35.5. The first kappa shape index (κ1) is 17.6. The van der Waals surface area contributed by atoms with Gasteiger partial charge in [0.25, 0.3) is 0 Å². The van der Waals surface area contributed by atoms with Crippen LogP contribution in [0.4, 0.5) is 5.95 Å². The van der Waals surface area contributed by atoms with Gasteiger partial charge in [-0.1, -0.05) is 29.8 Å². The third-order valence-corrected chi connectivity index (χ3v) is 4.39. The van der Waals surface area contributed by atoms with E-state index in [2.05, 4.69) is 15.3 Å². The number of rotatable bonds is 6. The third kappa shape index (κ3) is 3.82. The number of nitrogens with one attached hydrogen (secondary N) is 1. The summed E-state index contributed by atoms with van der Waals surface area (Å²) < 4.78 is 7.67. The van der Waals surface area contributed by atoms with Gasteiger partial charge in [0.1, 0.15) is 6.26 Å². The quantitative estimate of drug-likeness (QED) is 0.523. The van der Waals surface area contributed by atoms with Crippen molar-refractivity contribution in [2.24, 2.45) is 0 Å². The number of anilines is 1. The molecule has 1 unspecified atom stereocenters. The van der Waals surface area contributed by atoms with E-state index < -0.39 is 6.10 Å². The molecule has 4 aromatic rings. The molecule has 0 spiro atoms. The molecule has 27 heavy (non-hydrogen) atoms. The van der Waals surface area contributed by atoms with E-state index in [1.54, 1.807) is 13.2 Å². The first-order chi connectivity index (χ1) is 13.1. The molecule has 2 N–H and O–H groups in total. The van der Waals surface area contributed by atoms with E-state index in [1.165, 1.54) is 0 Å². The molecule has 0 radical (unpaired) electrons. The molecule has 0 saturated heterocycles. The number of aromatic nitrogens is 3. The molecular weight excluding hydrogens is 364 g/mol. The Morgan fingerprint density at radius 2 is 2.04 bits per heavy atom. The average Bonchev–Trinajstić information content (AvgIpc) is 3.26. The number of hydrogen-bond acceptors (Lipinski definition) is 5.